The monoisotopic (exact) mass is 473 g/mol. The van der Waals surface area contributed by atoms with Crippen molar-refractivity contribution >= 4 is 29.3 Å². The van der Waals surface area contributed by atoms with Gasteiger partial charge in [-0.1, -0.05) is 23.7 Å². The van der Waals surface area contributed by atoms with Crippen LogP contribution in [0.5, 0.6) is 5.75 Å². The first kappa shape index (κ1) is 23.6. The standard InChI is InChI=1S/C24H32ClN5O3/c1-16(27-17(2)31)18-5-7-19(8-6-18)33-20-9-10-29(14-20)22-21(25)13-26-23(28-22)30-11-12-32-24(3,4)15-30/h5-8,13,16,20H,9-12,14-15H2,1-4H3,(H,27,31)/t16-,20+/m0/s1. The number of carbonyl (C=O) groups excluding carboxylic acids is 1. The van der Waals surface area contributed by atoms with Crippen molar-refractivity contribution in [3.05, 3.63) is 41.0 Å². The van der Waals surface area contributed by atoms with Gasteiger partial charge in [-0.25, -0.2) is 4.98 Å². The number of benzene rings is 1. The zero-order chi connectivity index (χ0) is 23.6. The van der Waals surface area contributed by atoms with Crippen molar-refractivity contribution in [2.45, 2.75) is 51.9 Å². The van der Waals surface area contributed by atoms with Crippen LogP contribution >= 0.6 is 11.6 Å². The molecule has 2 aromatic rings. The smallest absolute Gasteiger partial charge is 0.227 e. The van der Waals surface area contributed by atoms with Crippen LogP contribution < -0.4 is 19.9 Å². The highest BCUT2D eigenvalue weighted by Crippen LogP contribution is 2.30. The minimum atomic E-state index is -0.233. The predicted octanol–water partition coefficient (Wildman–Crippen LogP) is 3.60. The average molecular weight is 474 g/mol. The van der Waals surface area contributed by atoms with Crippen molar-refractivity contribution in [3.8, 4) is 5.75 Å². The first-order chi connectivity index (χ1) is 15.7. The van der Waals surface area contributed by atoms with E-state index in [-0.39, 0.29) is 23.7 Å². The molecule has 1 aromatic heterocycles. The lowest BCUT2D eigenvalue weighted by Crippen LogP contribution is -2.49. The Hall–Kier alpha value is -2.58. The Bertz CT molecular complexity index is 985. The molecule has 2 aliphatic heterocycles. The maximum atomic E-state index is 11.3. The average Bonchev–Trinajstić information content (AvgIpc) is 3.21. The van der Waals surface area contributed by atoms with E-state index in [2.05, 4.69) is 33.9 Å². The van der Waals surface area contributed by atoms with E-state index < -0.39 is 0 Å². The van der Waals surface area contributed by atoms with Gasteiger partial charge in [-0.15, -0.1) is 0 Å². The lowest BCUT2D eigenvalue weighted by atomic mass is 10.1. The second-order valence-corrected chi connectivity index (χ2v) is 9.74. The molecule has 0 unspecified atom stereocenters. The van der Waals surface area contributed by atoms with Crippen LogP contribution in [0.3, 0.4) is 0 Å². The van der Waals surface area contributed by atoms with Crippen LogP contribution in [-0.2, 0) is 9.53 Å². The van der Waals surface area contributed by atoms with Crippen LogP contribution in [0.1, 0.15) is 45.7 Å². The van der Waals surface area contributed by atoms with Crippen molar-refractivity contribution in [2.24, 2.45) is 0 Å². The maximum Gasteiger partial charge on any atom is 0.227 e. The molecule has 2 fully saturated rings. The molecular formula is C24H32ClN5O3. The molecule has 2 aliphatic rings. The molecule has 1 N–H and O–H groups in total. The molecule has 4 rings (SSSR count). The molecule has 0 saturated carbocycles. The third kappa shape index (κ3) is 5.86. The van der Waals surface area contributed by atoms with E-state index in [0.717, 1.165) is 43.2 Å². The number of rotatable bonds is 6. The first-order valence-corrected chi connectivity index (χ1v) is 11.8. The van der Waals surface area contributed by atoms with E-state index in [1.807, 2.05) is 31.2 Å². The van der Waals surface area contributed by atoms with Crippen LogP contribution in [0.2, 0.25) is 5.02 Å². The Morgan fingerprint density at radius 3 is 2.73 bits per heavy atom. The molecule has 3 heterocycles. The number of aromatic nitrogens is 2. The maximum absolute atomic E-state index is 11.3. The number of hydrogen-bond acceptors (Lipinski definition) is 7. The zero-order valence-electron chi connectivity index (χ0n) is 19.7. The number of hydrogen-bond donors (Lipinski definition) is 1. The molecule has 0 bridgehead atoms. The third-order valence-electron chi connectivity index (χ3n) is 5.97. The normalized spacial score (nSPS) is 21.1. The van der Waals surface area contributed by atoms with Crippen LogP contribution in [0.25, 0.3) is 0 Å². The van der Waals surface area contributed by atoms with E-state index in [1.54, 1.807) is 6.20 Å². The van der Waals surface area contributed by atoms with Gasteiger partial charge in [0.1, 0.15) is 16.9 Å². The van der Waals surface area contributed by atoms with E-state index in [1.165, 1.54) is 6.92 Å². The summed E-state index contributed by atoms with van der Waals surface area (Å²) in [6.07, 6.45) is 2.61. The number of nitrogens with zero attached hydrogens (tertiary/aromatic N) is 4. The third-order valence-corrected chi connectivity index (χ3v) is 6.24. The lowest BCUT2D eigenvalue weighted by Gasteiger charge is -2.38. The molecule has 1 amide bonds. The Morgan fingerprint density at radius 1 is 1.27 bits per heavy atom. The number of morpholine rings is 1. The predicted molar refractivity (Wildman–Crippen MR) is 129 cm³/mol. The number of amides is 1. The van der Waals surface area contributed by atoms with Gasteiger partial charge >= 0.3 is 0 Å². The Kier molecular flexibility index (Phi) is 6.95. The van der Waals surface area contributed by atoms with Gasteiger partial charge in [0.25, 0.3) is 0 Å². The van der Waals surface area contributed by atoms with E-state index in [9.17, 15) is 4.79 Å². The van der Waals surface area contributed by atoms with Crippen molar-refractivity contribution in [1.29, 1.82) is 0 Å². The van der Waals surface area contributed by atoms with Gasteiger partial charge in [0, 0.05) is 33.0 Å². The quantitative estimate of drug-likeness (QED) is 0.686. The SMILES string of the molecule is CC(=O)N[C@@H](C)c1ccc(O[C@@H]2CCN(c3nc(N4CCOC(C)(C)C4)ncc3Cl)C2)cc1. The van der Waals surface area contributed by atoms with Gasteiger partial charge in [-0.05, 0) is 38.5 Å². The summed E-state index contributed by atoms with van der Waals surface area (Å²) in [6, 6.07) is 7.84. The van der Waals surface area contributed by atoms with Gasteiger partial charge in [-0.2, -0.15) is 4.98 Å². The largest absolute Gasteiger partial charge is 0.489 e. The zero-order valence-corrected chi connectivity index (χ0v) is 20.4. The molecule has 2 saturated heterocycles. The molecule has 0 spiro atoms. The topological polar surface area (TPSA) is 79.8 Å². The fourth-order valence-electron chi connectivity index (χ4n) is 4.34. The van der Waals surface area contributed by atoms with E-state index >= 15 is 0 Å². The summed E-state index contributed by atoms with van der Waals surface area (Å²) in [6.45, 7) is 11.3. The summed E-state index contributed by atoms with van der Waals surface area (Å²) < 4.78 is 12.0. The van der Waals surface area contributed by atoms with Gasteiger partial charge in [-0.3, -0.25) is 4.79 Å². The van der Waals surface area contributed by atoms with Gasteiger partial charge in [0.05, 0.1) is 31.0 Å². The summed E-state index contributed by atoms with van der Waals surface area (Å²) in [5.41, 5.74) is 0.806. The number of ether oxygens (including phenoxy) is 2. The number of nitrogens with one attached hydrogen (secondary N) is 1. The summed E-state index contributed by atoms with van der Waals surface area (Å²) in [5, 5.41) is 3.44. The summed E-state index contributed by atoms with van der Waals surface area (Å²) in [7, 11) is 0. The molecule has 0 radical (unpaired) electrons. The number of halogens is 1. The molecule has 9 heteroatoms. The number of anilines is 2. The van der Waals surface area contributed by atoms with Crippen LogP contribution in [0.15, 0.2) is 30.5 Å². The van der Waals surface area contributed by atoms with Crippen LogP contribution in [0, 0.1) is 0 Å². The Balaban J connectivity index is 1.39. The highest BCUT2D eigenvalue weighted by Gasteiger charge is 2.31. The van der Waals surface area contributed by atoms with Crippen molar-refractivity contribution in [2.75, 3.05) is 42.6 Å². The first-order valence-electron chi connectivity index (χ1n) is 11.4. The second kappa shape index (κ2) is 9.73. The highest BCUT2D eigenvalue weighted by molar-refractivity contribution is 6.32. The van der Waals surface area contributed by atoms with Crippen molar-refractivity contribution < 1.29 is 14.3 Å². The molecule has 1 aromatic carbocycles. The minimum absolute atomic E-state index is 0.0373. The Morgan fingerprint density at radius 2 is 2.03 bits per heavy atom. The highest BCUT2D eigenvalue weighted by atomic mass is 35.5. The van der Waals surface area contributed by atoms with Gasteiger partial charge < -0.3 is 24.6 Å². The summed E-state index contributed by atoms with van der Waals surface area (Å²) in [5.74, 6) is 2.19. The molecule has 8 nitrogen and oxygen atoms in total. The summed E-state index contributed by atoms with van der Waals surface area (Å²) in [4.78, 5) is 24.9. The Labute approximate surface area is 200 Å². The molecule has 2 atom stereocenters. The molecular weight excluding hydrogens is 442 g/mol. The lowest BCUT2D eigenvalue weighted by molar-refractivity contribution is -0.119. The van der Waals surface area contributed by atoms with Crippen LogP contribution in [0.4, 0.5) is 11.8 Å². The molecule has 33 heavy (non-hydrogen) atoms. The fourth-order valence-corrected chi connectivity index (χ4v) is 4.55. The van der Waals surface area contributed by atoms with Crippen molar-refractivity contribution in [1.82, 2.24) is 15.3 Å². The van der Waals surface area contributed by atoms with Crippen molar-refractivity contribution in [3.63, 3.8) is 0 Å². The number of carbonyl (C=O) groups is 1. The molecule has 178 valence electrons. The minimum Gasteiger partial charge on any atom is -0.489 e. The fraction of sp³-hybridized carbons (Fsp3) is 0.542. The van der Waals surface area contributed by atoms with Gasteiger partial charge in [0.2, 0.25) is 11.9 Å². The van der Waals surface area contributed by atoms with Crippen LogP contribution in [-0.4, -0.2) is 60.4 Å². The molecule has 0 aliphatic carbocycles. The van der Waals surface area contributed by atoms with E-state index in [0.29, 0.717) is 24.1 Å². The van der Waals surface area contributed by atoms with Gasteiger partial charge in [0.15, 0.2) is 5.82 Å². The summed E-state index contributed by atoms with van der Waals surface area (Å²) >= 11 is 6.48. The van der Waals surface area contributed by atoms with E-state index in [4.69, 9.17) is 26.1 Å². The second-order valence-electron chi connectivity index (χ2n) is 9.34.